The molecule has 0 atom stereocenters. The van der Waals surface area contributed by atoms with E-state index in [1.54, 1.807) is 0 Å². The molecule has 0 unspecified atom stereocenters. The highest BCUT2D eigenvalue weighted by Gasteiger charge is 2.18. The lowest BCUT2D eigenvalue weighted by Crippen LogP contribution is -2.26. The van der Waals surface area contributed by atoms with Crippen molar-refractivity contribution in [3.63, 3.8) is 0 Å². The maximum absolute atomic E-state index is 11.5. The Balaban J connectivity index is 3.15. The molecule has 0 bridgehead atoms. The van der Waals surface area contributed by atoms with E-state index in [1.165, 1.54) is 5.48 Å². The molecular weight excluding hydrogens is 104 g/mol. The van der Waals surface area contributed by atoms with Crippen LogP contribution in [-0.4, -0.2) is 17.7 Å². The zero-order valence-corrected chi connectivity index (χ0v) is 3.91. The fourth-order valence-corrected chi connectivity index (χ4v) is 0.139. The third-order valence-electron chi connectivity index (χ3n) is 0.389. The van der Waals surface area contributed by atoms with E-state index >= 15 is 0 Å². The van der Waals surface area contributed by atoms with Gasteiger partial charge in [-0.3, -0.25) is 0 Å². The zero-order valence-electron chi connectivity index (χ0n) is 3.91. The Kier molecular flexibility index (Phi) is 2.11. The van der Waals surface area contributed by atoms with E-state index in [0.29, 0.717) is 0 Å². The normalized spacial score (nSPS) is 12.0. The van der Waals surface area contributed by atoms with Gasteiger partial charge in [0.05, 0.1) is 6.54 Å². The van der Waals surface area contributed by atoms with Gasteiger partial charge in [0, 0.05) is 6.92 Å². The SMILES string of the molecule is CC(F)(F)CNO. The van der Waals surface area contributed by atoms with Crippen LogP contribution in [-0.2, 0) is 0 Å². The number of nitrogens with one attached hydrogen (secondary N) is 1. The van der Waals surface area contributed by atoms with E-state index in [-0.39, 0.29) is 0 Å². The average molecular weight is 111 g/mol. The molecule has 4 heteroatoms. The molecule has 0 aliphatic heterocycles. The number of halogens is 2. The highest BCUT2D eigenvalue weighted by molar-refractivity contribution is 4.56. The summed E-state index contributed by atoms with van der Waals surface area (Å²) in [5, 5.41) is 7.67. The number of hydroxylamine groups is 1. The van der Waals surface area contributed by atoms with Gasteiger partial charge in [-0.25, -0.2) is 8.78 Å². The summed E-state index contributed by atoms with van der Waals surface area (Å²) in [6.45, 7) is 0.0310. The third-order valence-corrected chi connectivity index (χ3v) is 0.389. The lowest BCUT2D eigenvalue weighted by Gasteiger charge is -2.05. The van der Waals surface area contributed by atoms with E-state index < -0.39 is 12.5 Å². The van der Waals surface area contributed by atoms with E-state index in [0.717, 1.165) is 6.92 Å². The van der Waals surface area contributed by atoms with Crippen LogP contribution in [0.4, 0.5) is 8.78 Å². The molecule has 0 aromatic rings. The minimum Gasteiger partial charge on any atom is -0.317 e. The largest absolute Gasteiger partial charge is 0.317 e. The van der Waals surface area contributed by atoms with Gasteiger partial charge in [0.25, 0.3) is 5.92 Å². The van der Waals surface area contributed by atoms with Crippen molar-refractivity contribution in [2.75, 3.05) is 6.54 Å². The minimum atomic E-state index is -2.81. The Morgan fingerprint density at radius 2 is 2.14 bits per heavy atom. The predicted octanol–water partition coefficient (Wildman–Crippen LogP) is 0.620. The summed E-state index contributed by atoms with van der Waals surface area (Å²) in [5.74, 6) is -2.81. The van der Waals surface area contributed by atoms with Crippen LogP contribution in [0.3, 0.4) is 0 Å². The monoisotopic (exact) mass is 111 g/mol. The molecule has 44 valence electrons. The predicted molar refractivity (Wildman–Crippen MR) is 20.4 cm³/mol. The summed E-state index contributed by atoms with van der Waals surface area (Å²) in [6, 6.07) is 0. The number of hydrogen-bond donors (Lipinski definition) is 2. The molecule has 0 aliphatic carbocycles. The fourth-order valence-electron chi connectivity index (χ4n) is 0.139. The second-order valence-electron chi connectivity index (χ2n) is 1.41. The first kappa shape index (κ1) is 6.78. The van der Waals surface area contributed by atoms with Crippen molar-refractivity contribution < 1.29 is 14.0 Å². The molecule has 0 aromatic carbocycles. The third kappa shape index (κ3) is 5.78. The van der Waals surface area contributed by atoms with Crippen molar-refractivity contribution in [3.05, 3.63) is 0 Å². The smallest absolute Gasteiger partial charge is 0.259 e. The highest BCUT2D eigenvalue weighted by Crippen LogP contribution is 2.07. The lowest BCUT2D eigenvalue weighted by molar-refractivity contribution is -0.0131. The zero-order chi connectivity index (χ0) is 5.91. The van der Waals surface area contributed by atoms with E-state index in [4.69, 9.17) is 5.21 Å². The summed E-state index contributed by atoms with van der Waals surface area (Å²) in [4.78, 5) is 0. The Morgan fingerprint density at radius 1 is 1.71 bits per heavy atom. The van der Waals surface area contributed by atoms with Crippen molar-refractivity contribution in [1.29, 1.82) is 0 Å². The molecule has 0 spiro atoms. The van der Waals surface area contributed by atoms with Gasteiger partial charge in [-0.2, -0.15) is 5.48 Å². The molecule has 0 saturated carbocycles. The molecule has 0 rings (SSSR count). The van der Waals surface area contributed by atoms with Crippen LogP contribution in [0.25, 0.3) is 0 Å². The van der Waals surface area contributed by atoms with Crippen molar-refractivity contribution in [3.8, 4) is 0 Å². The van der Waals surface area contributed by atoms with E-state index in [9.17, 15) is 8.78 Å². The fraction of sp³-hybridized carbons (Fsp3) is 1.00. The summed E-state index contributed by atoms with van der Waals surface area (Å²) in [7, 11) is 0. The van der Waals surface area contributed by atoms with Crippen LogP contribution in [0.2, 0.25) is 0 Å². The van der Waals surface area contributed by atoms with Gasteiger partial charge in [-0.1, -0.05) is 0 Å². The first-order chi connectivity index (χ1) is 3.06. The van der Waals surface area contributed by atoms with Crippen LogP contribution < -0.4 is 5.48 Å². The van der Waals surface area contributed by atoms with Crippen LogP contribution >= 0.6 is 0 Å². The molecule has 0 aliphatic rings. The molecule has 0 fully saturated rings. The molecule has 2 N–H and O–H groups in total. The molecule has 7 heavy (non-hydrogen) atoms. The summed E-state index contributed by atoms with van der Waals surface area (Å²) in [5.41, 5.74) is 1.36. The maximum Gasteiger partial charge on any atom is 0.259 e. The Bertz CT molecular complexity index is 51.4. The second-order valence-corrected chi connectivity index (χ2v) is 1.41. The molecule has 0 radical (unpaired) electrons. The van der Waals surface area contributed by atoms with Crippen LogP contribution in [0.5, 0.6) is 0 Å². The van der Waals surface area contributed by atoms with Crippen molar-refractivity contribution in [1.82, 2.24) is 5.48 Å². The second kappa shape index (κ2) is 2.18. The molecule has 0 heterocycles. The van der Waals surface area contributed by atoms with Gasteiger partial charge >= 0.3 is 0 Å². The van der Waals surface area contributed by atoms with Gasteiger partial charge < -0.3 is 5.21 Å². The van der Waals surface area contributed by atoms with Gasteiger partial charge in [0.15, 0.2) is 0 Å². The number of rotatable bonds is 2. The first-order valence-electron chi connectivity index (χ1n) is 1.81. The minimum absolute atomic E-state index is 0.688. The van der Waals surface area contributed by atoms with Gasteiger partial charge in [-0.05, 0) is 0 Å². The quantitative estimate of drug-likeness (QED) is 0.512. The standard InChI is InChI=1S/C3H7F2NO/c1-3(4,5)2-6-7/h6-7H,2H2,1H3. The van der Waals surface area contributed by atoms with Crippen molar-refractivity contribution in [2.45, 2.75) is 12.8 Å². The van der Waals surface area contributed by atoms with Crippen molar-refractivity contribution in [2.24, 2.45) is 0 Å². The molecule has 0 aromatic heterocycles. The summed E-state index contributed by atoms with van der Waals surface area (Å²) < 4.78 is 23.0. The van der Waals surface area contributed by atoms with Crippen molar-refractivity contribution >= 4 is 0 Å². The average Bonchev–Trinajstić information content (AvgIpc) is 1.30. The molecule has 0 saturated heterocycles. The first-order valence-corrected chi connectivity index (χ1v) is 1.81. The lowest BCUT2D eigenvalue weighted by atomic mass is 10.4. The topological polar surface area (TPSA) is 32.3 Å². The van der Waals surface area contributed by atoms with Gasteiger partial charge in [-0.15, -0.1) is 0 Å². The van der Waals surface area contributed by atoms with E-state index in [1.807, 2.05) is 0 Å². The highest BCUT2D eigenvalue weighted by atomic mass is 19.3. The van der Waals surface area contributed by atoms with E-state index in [2.05, 4.69) is 0 Å². The Morgan fingerprint density at radius 3 is 2.14 bits per heavy atom. The van der Waals surface area contributed by atoms with Gasteiger partial charge in [0.1, 0.15) is 0 Å². The number of hydrogen-bond acceptors (Lipinski definition) is 2. The molecular formula is C3H7F2NO. The van der Waals surface area contributed by atoms with Crippen LogP contribution in [0.15, 0.2) is 0 Å². The Hall–Kier alpha value is -0.220. The Labute approximate surface area is 40.1 Å². The summed E-state index contributed by atoms with van der Waals surface area (Å²) in [6.07, 6.45) is 0. The molecule has 2 nitrogen and oxygen atoms in total. The van der Waals surface area contributed by atoms with Gasteiger partial charge in [0.2, 0.25) is 0 Å². The maximum atomic E-state index is 11.5. The molecule has 0 amide bonds. The summed E-state index contributed by atoms with van der Waals surface area (Å²) >= 11 is 0. The van der Waals surface area contributed by atoms with Crippen LogP contribution in [0.1, 0.15) is 6.92 Å². The van der Waals surface area contributed by atoms with Crippen LogP contribution in [0, 0.1) is 0 Å². The number of alkyl halides is 2.